The maximum absolute atomic E-state index is 5.57. The van der Waals surface area contributed by atoms with Gasteiger partial charge in [-0.25, -0.2) is 0 Å². The van der Waals surface area contributed by atoms with Crippen molar-refractivity contribution in [2.75, 3.05) is 0 Å². The monoisotopic (exact) mass is 222 g/mol. The molecule has 12 heavy (non-hydrogen) atoms. The van der Waals surface area contributed by atoms with Crippen molar-refractivity contribution in [1.82, 2.24) is 0 Å². The molecular weight excluding hydrogens is 200 g/mol. The van der Waals surface area contributed by atoms with E-state index in [2.05, 4.69) is 13.8 Å². The van der Waals surface area contributed by atoms with Gasteiger partial charge in [-0.2, -0.15) is 0 Å². The molecule has 5 heteroatoms. The van der Waals surface area contributed by atoms with E-state index in [1.54, 1.807) is 0 Å². The van der Waals surface area contributed by atoms with Gasteiger partial charge in [-0.3, -0.25) is 0 Å². The predicted octanol–water partition coefficient (Wildman–Crippen LogP) is -0.229. The van der Waals surface area contributed by atoms with Crippen LogP contribution in [0.4, 0.5) is 0 Å². The Hall–Kier alpha value is 0.571. The Morgan fingerprint density at radius 3 is 2.75 bits per heavy atom. The summed E-state index contributed by atoms with van der Waals surface area (Å²) in [7, 11) is 0.0911. The highest BCUT2D eigenvalue weighted by Crippen LogP contribution is 2.13. The van der Waals surface area contributed by atoms with Crippen molar-refractivity contribution in [1.29, 1.82) is 0 Å². The Morgan fingerprint density at radius 2 is 2.17 bits per heavy atom. The molecule has 2 nitrogen and oxygen atoms in total. The lowest BCUT2D eigenvalue weighted by molar-refractivity contribution is 0.489. The quantitative estimate of drug-likeness (QED) is 0.417. The SMILES string of the molecule is CCCCCC(C)[SiH2]O[SiH2]O[SiH3]. The molecule has 74 valence electrons. The van der Waals surface area contributed by atoms with Crippen molar-refractivity contribution in [3.8, 4) is 0 Å². The summed E-state index contributed by atoms with van der Waals surface area (Å²) in [5.74, 6) is 0. The molecule has 0 saturated carbocycles. The average Bonchev–Trinajstić information content (AvgIpc) is 2.06. The Morgan fingerprint density at radius 1 is 1.42 bits per heavy atom. The standard InChI is InChI=1S/C7H22O2Si3/c1-3-4-5-6-7(2)11-9-12-8-10/h7H,3-6,11-12H2,1-2,10H3. The molecular formula is C7H22O2Si3. The van der Waals surface area contributed by atoms with E-state index in [9.17, 15) is 0 Å². The first-order chi connectivity index (χ1) is 5.81. The van der Waals surface area contributed by atoms with Crippen LogP contribution in [0.5, 0.6) is 0 Å². The van der Waals surface area contributed by atoms with Crippen LogP contribution in [0, 0.1) is 0 Å². The summed E-state index contributed by atoms with van der Waals surface area (Å²) in [6, 6.07) is 0. The van der Waals surface area contributed by atoms with Gasteiger partial charge in [0.25, 0.3) is 10.0 Å². The highest BCUT2D eigenvalue weighted by atomic mass is 28.3. The van der Waals surface area contributed by atoms with Crippen LogP contribution in [-0.4, -0.2) is 30.3 Å². The fraction of sp³-hybridized carbons (Fsp3) is 1.00. The van der Waals surface area contributed by atoms with Crippen molar-refractivity contribution >= 4 is 30.3 Å². The van der Waals surface area contributed by atoms with E-state index in [-0.39, 0.29) is 9.76 Å². The normalized spacial score (nSPS) is 15.5. The molecule has 0 heterocycles. The zero-order valence-corrected chi connectivity index (χ0v) is 13.5. The molecule has 0 fully saturated rings. The number of hydrogen-bond donors (Lipinski definition) is 0. The summed E-state index contributed by atoms with van der Waals surface area (Å²) in [5.41, 5.74) is 0.862. The molecule has 1 unspecified atom stereocenters. The van der Waals surface area contributed by atoms with Crippen molar-refractivity contribution in [3.63, 3.8) is 0 Å². The Bertz CT molecular complexity index is 82.7. The maximum atomic E-state index is 5.57. The van der Waals surface area contributed by atoms with Gasteiger partial charge >= 0.3 is 0 Å². The molecule has 0 rings (SSSR count). The minimum atomic E-state index is -0.526. The first kappa shape index (κ1) is 12.6. The van der Waals surface area contributed by atoms with E-state index in [0.29, 0.717) is 0 Å². The summed E-state index contributed by atoms with van der Waals surface area (Å²) >= 11 is 0. The van der Waals surface area contributed by atoms with Gasteiger partial charge in [0.2, 0.25) is 0 Å². The van der Waals surface area contributed by atoms with Crippen LogP contribution in [0.2, 0.25) is 5.54 Å². The first-order valence-corrected chi connectivity index (χ1v) is 8.24. The van der Waals surface area contributed by atoms with Gasteiger partial charge in [0.15, 0.2) is 9.76 Å². The minimum Gasteiger partial charge on any atom is -0.449 e. The Balaban J connectivity index is 3.04. The molecule has 0 aromatic carbocycles. The zero-order valence-electron chi connectivity index (χ0n) is 8.64. The Kier molecular flexibility index (Phi) is 10.1. The summed E-state index contributed by atoms with van der Waals surface area (Å²) < 4.78 is 10.7. The predicted molar refractivity (Wildman–Crippen MR) is 62.8 cm³/mol. The van der Waals surface area contributed by atoms with Gasteiger partial charge in [0, 0.05) is 0 Å². The molecule has 0 aliphatic carbocycles. The lowest BCUT2D eigenvalue weighted by atomic mass is 10.2. The molecule has 0 saturated heterocycles. The van der Waals surface area contributed by atoms with Crippen LogP contribution >= 0.6 is 0 Å². The van der Waals surface area contributed by atoms with Crippen LogP contribution in [0.25, 0.3) is 0 Å². The molecule has 0 spiro atoms. The summed E-state index contributed by atoms with van der Waals surface area (Å²) in [4.78, 5) is 0. The topological polar surface area (TPSA) is 18.5 Å². The second-order valence-electron chi connectivity index (χ2n) is 3.38. The highest BCUT2D eigenvalue weighted by molar-refractivity contribution is 6.42. The van der Waals surface area contributed by atoms with Crippen molar-refractivity contribution in [3.05, 3.63) is 0 Å². The minimum absolute atomic E-state index is 0.244. The van der Waals surface area contributed by atoms with E-state index in [0.717, 1.165) is 16.0 Å². The van der Waals surface area contributed by atoms with Crippen LogP contribution in [0.1, 0.15) is 39.5 Å². The van der Waals surface area contributed by atoms with Gasteiger partial charge in [0.1, 0.15) is 10.5 Å². The van der Waals surface area contributed by atoms with E-state index in [1.807, 2.05) is 0 Å². The third-order valence-electron chi connectivity index (χ3n) is 1.90. The fourth-order valence-corrected chi connectivity index (χ4v) is 5.78. The molecule has 0 radical (unpaired) electrons. The lowest BCUT2D eigenvalue weighted by Crippen LogP contribution is -2.10. The van der Waals surface area contributed by atoms with Gasteiger partial charge in [0.05, 0.1) is 0 Å². The zero-order chi connectivity index (χ0) is 9.23. The summed E-state index contributed by atoms with van der Waals surface area (Å²) in [5, 5.41) is 0. The fourth-order valence-electron chi connectivity index (χ4n) is 1.16. The largest absolute Gasteiger partial charge is 0.449 e. The summed E-state index contributed by atoms with van der Waals surface area (Å²) in [6.45, 7) is 4.57. The van der Waals surface area contributed by atoms with Crippen LogP contribution in [0.15, 0.2) is 0 Å². The molecule has 0 N–H and O–H groups in total. The van der Waals surface area contributed by atoms with Crippen molar-refractivity contribution in [2.24, 2.45) is 0 Å². The van der Waals surface area contributed by atoms with Crippen LogP contribution < -0.4 is 0 Å². The van der Waals surface area contributed by atoms with Crippen molar-refractivity contribution < 1.29 is 8.23 Å². The Labute approximate surface area is 84.0 Å². The molecule has 0 amide bonds. The van der Waals surface area contributed by atoms with Gasteiger partial charge in [-0.1, -0.05) is 39.5 Å². The third kappa shape index (κ3) is 8.67. The molecule has 0 aliphatic heterocycles. The number of rotatable bonds is 8. The van der Waals surface area contributed by atoms with E-state index in [1.165, 1.54) is 25.7 Å². The van der Waals surface area contributed by atoms with Crippen molar-refractivity contribution in [2.45, 2.75) is 45.1 Å². The van der Waals surface area contributed by atoms with Gasteiger partial charge < -0.3 is 8.23 Å². The number of hydrogen-bond acceptors (Lipinski definition) is 2. The first-order valence-electron chi connectivity index (χ1n) is 4.88. The smallest absolute Gasteiger partial charge is 0.282 e. The average molecular weight is 223 g/mol. The van der Waals surface area contributed by atoms with Crippen LogP contribution in [0.3, 0.4) is 0 Å². The van der Waals surface area contributed by atoms with E-state index < -0.39 is 10.0 Å². The van der Waals surface area contributed by atoms with Gasteiger partial charge in [-0.15, -0.1) is 0 Å². The molecule has 0 aliphatic rings. The van der Waals surface area contributed by atoms with E-state index >= 15 is 0 Å². The maximum Gasteiger partial charge on any atom is 0.282 e. The van der Waals surface area contributed by atoms with Gasteiger partial charge in [-0.05, 0) is 5.54 Å². The summed E-state index contributed by atoms with van der Waals surface area (Å²) in [6.07, 6.45) is 5.47. The molecule has 1 atom stereocenters. The molecule has 0 aromatic heterocycles. The second-order valence-corrected chi connectivity index (χ2v) is 9.28. The number of unbranched alkanes of at least 4 members (excludes halogenated alkanes) is 2. The molecule has 0 aromatic rings. The second kappa shape index (κ2) is 9.66. The highest BCUT2D eigenvalue weighted by Gasteiger charge is 2.02. The lowest BCUT2D eigenvalue weighted by Gasteiger charge is -2.10. The van der Waals surface area contributed by atoms with Crippen LogP contribution in [-0.2, 0) is 8.23 Å². The molecule has 0 bridgehead atoms. The third-order valence-corrected chi connectivity index (χ3v) is 5.43. The van der Waals surface area contributed by atoms with E-state index in [4.69, 9.17) is 8.23 Å².